The van der Waals surface area contributed by atoms with Crippen molar-refractivity contribution in [3.8, 4) is 0 Å². The van der Waals surface area contributed by atoms with E-state index in [1.54, 1.807) is 0 Å². The van der Waals surface area contributed by atoms with Crippen LogP contribution in [0.4, 0.5) is 0 Å². The van der Waals surface area contributed by atoms with Gasteiger partial charge in [-0.15, -0.1) is 5.73 Å². The van der Waals surface area contributed by atoms with E-state index in [1.807, 2.05) is 13.8 Å². The van der Waals surface area contributed by atoms with Crippen LogP contribution in [0.3, 0.4) is 0 Å². The quantitative estimate of drug-likeness (QED) is 0.243. The zero-order chi connectivity index (χ0) is 27.6. The molecule has 212 valence electrons. The fourth-order valence-electron chi connectivity index (χ4n) is 7.04. The maximum absolute atomic E-state index is 3.56. The van der Waals surface area contributed by atoms with Crippen molar-refractivity contribution in [1.82, 2.24) is 0 Å². The van der Waals surface area contributed by atoms with Crippen molar-refractivity contribution in [2.24, 2.45) is 47.3 Å². The monoisotopic (exact) mass is 509 g/mol. The number of hydrogen-bond donors (Lipinski definition) is 0. The van der Waals surface area contributed by atoms with Crippen LogP contribution in [0.1, 0.15) is 133 Å². The minimum absolute atomic E-state index is 0.667. The molecule has 1 saturated carbocycles. The number of hydrogen-bond acceptors (Lipinski definition) is 0. The maximum Gasteiger partial charge on any atom is -0.00669 e. The molecule has 3 aliphatic carbocycles. The molecule has 0 heterocycles. The van der Waals surface area contributed by atoms with Crippen molar-refractivity contribution in [3.05, 3.63) is 53.8 Å². The normalized spacial score (nSPS) is 28.8. The second-order valence-corrected chi connectivity index (χ2v) is 12.2. The van der Waals surface area contributed by atoms with E-state index in [0.717, 1.165) is 42.4 Å². The molecular weight excluding hydrogens is 444 g/mol. The Labute approximate surface area is 233 Å². The Hall–Kier alpha value is -1.26. The van der Waals surface area contributed by atoms with Gasteiger partial charge in [0.05, 0.1) is 0 Å². The molecular formula is C37H64. The van der Waals surface area contributed by atoms with E-state index < -0.39 is 0 Å². The van der Waals surface area contributed by atoms with E-state index in [-0.39, 0.29) is 0 Å². The summed E-state index contributed by atoms with van der Waals surface area (Å²) in [6.45, 7) is 20.5. The summed E-state index contributed by atoms with van der Waals surface area (Å²) in [6.07, 6.45) is 31.5. The lowest BCUT2D eigenvalue weighted by Gasteiger charge is -2.40. The molecule has 0 aromatic rings. The lowest BCUT2D eigenvalue weighted by molar-refractivity contribution is 0.133. The summed E-state index contributed by atoms with van der Waals surface area (Å²) in [5, 5.41) is 0. The average Bonchev–Trinajstić information content (AvgIpc) is 3.20. The Bertz CT molecular complexity index is 727. The number of allylic oxidation sites excluding steroid dienone is 7. The second kappa shape index (κ2) is 19.8. The van der Waals surface area contributed by atoms with Crippen LogP contribution in [-0.2, 0) is 0 Å². The SMILES string of the molecule is CC.CCC.CCCC1=C=CC[C@H](C[C@H](C)C(C2C=CC=C[C@H]2CC)[C@H](C)CCC2CCC(C)C2)C=C1. The van der Waals surface area contributed by atoms with E-state index >= 15 is 0 Å². The summed E-state index contributed by atoms with van der Waals surface area (Å²) in [5.74, 6) is 6.37. The van der Waals surface area contributed by atoms with Gasteiger partial charge in [0.2, 0.25) is 0 Å². The molecule has 0 saturated heterocycles. The van der Waals surface area contributed by atoms with Gasteiger partial charge in [-0.1, -0.05) is 137 Å². The second-order valence-electron chi connectivity index (χ2n) is 12.2. The first-order valence-corrected chi connectivity index (χ1v) is 16.4. The van der Waals surface area contributed by atoms with Crippen LogP contribution in [-0.4, -0.2) is 0 Å². The fraction of sp³-hybridized carbons (Fsp3) is 0.757. The zero-order valence-electron chi connectivity index (χ0n) is 26.4. The predicted octanol–water partition coefficient (Wildman–Crippen LogP) is 12.1. The summed E-state index contributed by atoms with van der Waals surface area (Å²) in [7, 11) is 0. The molecule has 0 radical (unpaired) electrons. The van der Waals surface area contributed by atoms with Crippen LogP contribution in [0, 0.1) is 47.3 Å². The van der Waals surface area contributed by atoms with Crippen molar-refractivity contribution < 1.29 is 0 Å². The van der Waals surface area contributed by atoms with Crippen molar-refractivity contribution in [2.75, 3.05) is 0 Å². The predicted molar refractivity (Wildman–Crippen MR) is 169 cm³/mol. The molecule has 4 unspecified atom stereocenters. The first kappa shape index (κ1) is 33.8. The lowest BCUT2D eigenvalue weighted by atomic mass is 9.65. The highest BCUT2D eigenvalue weighted by atomic mass is 14.4. The molecule has 0 nitrogen and oxygen atoms in total. The van der Waals surface area contributed by atoms with Crippen molar-refractivity contribution in [1.29, 1.82) is 0 Å². The topological polar surface area (TPSA) is 0 Å². The summed E-state index contributed by atoms with van der Waals surface area (Å²) < 4.78 is 0. The first-order valence-electron chi connectivity index (χ1n) is 16.4. The summed E-state index contributed by atoms with van der Waals surface area (Å²) in [6, 6.07) is 0. The third-order valence-corrected chi connectivity index (χ3v) is 8.83. The van der Waals surface area contributed by atoms with Crippen molar-refractivity contribution in [3.63, 3.8) is 0 Å². The van der Waals surface area contributed by atoms with E-state index in [9.17, 15) is 0 Å². The molecule has 0 spiro atoms. The third kappa shape index (κ3) is 12.0. The molecule has 1 fully saturated rings. The van der Waals surface area contributed by atoms with Crippen LogP contribution < -0.4 is 0 Å². The zero-order valence-corrected chi connectivity index (χ0v) is 26.4. The Morgan fingerprint density at radius 2 is 1.65 bits per heavy atom. The highest BCUT2D eigenvalue weighted by Gasteiger charge is 2.35. The van der Waals surface area contributed by atoms with Gasteiger partial charge in [-0.2, -0.15) is 0 Å². The Kier molecular flexibility index (Phi) is 18.0. The Morgan fingerprint density at radius 3 is 2.27 bits per heavy atom. The highest BCUT2D eigenvalue weighted by Crippen LogP contribution is 2.43. The fourth-order valence-corrected chi connectivity index (χ4v) is 7.04. The Morgan fingerprint density at radius 1 is 0.946 bits per heavy atom. The van der Waals surface area contributed by atoms with Gasteiger partial charge in [-0.25, -0.2) is 0 Å². The minimum atomic E-state index is 0.667. The van der Waals surface area contributed by atoms with E-state index in [1.165, 1.54) is 63.4 Å². The van der Waals surface area contributed by atoms with Gasteiger partial charge < -0.3 is 0 Å². The van der Waals surface area contributed by atoms with E-state index in [4.69, 9.17) is 0 Å². The molecule has 3 rings (SSSR count). The van der Waals surface area contributed by atoms with Gasteiger partial charge in [0.25, 0.3) is 0 Å². The van der Waals surface area contributed by atoms with Crippen molar-refractivity contribution in [2.45, 2.75) is 133 Å². The molecule has 0 bridgehead atoms. The largest absolute Gasteiger partial charge is 0.122 e. The third-order valence-electron chi connectivity index (χ3n) is 8.83. The smallest absolute Gasteiger partial charge is 0.00669 e. The van der Waals surface area contributed by atoms with Crippen molar-refractivity contribution >= 4 is 0 Å². The summed E-state index contributed by atoms with van der Waals surface area (Å²) in [5.41, 5.74) is 4.95. The van der Waals surface area contributed by atoms with Gasteiger partial charge in [-0.05, 0) is 91.1 Å². The van der Waals surface area contributed by atoms with Gasteiger partial charge in [-0.3, -0.25) is 0 Å². The molecule has 8 atom stereocenters. The van der Waals surface area contributed by atoms with Gasteiger partial charge >= 0.3 is 0 Å². The first-order chi connectivity index (χ1) is 17.9. The molecule has 0 heteroatoms. The number of rotatable bonds is 11. The highest BCUT2D eigenvalue weighted by molar-refractivity contribution is 5.21. The average molecular weight is 509 g/mol. The van der Waals surface area contributed by atoms with Crippen LogP contribution >= 0.6 is 0 Å². The minimum Gasteiger partial charge on any atom is -0.122 e. The lowest BCUT2D eigenvalue weighted by Crippen LogP contribution is -2.33. The Balaban J connectivity index is 0.00000127. The molecule has 0 aromatic carbocycles. The molecule has 3 aliphatic rings. The molecule has 0 aliphatic heterocycles. The maximum atomic E-state index is 3.56. The standard InChI is InChI=1S/C32H50.C3H8.C2H6/c1-6-11-27-12-10-13-28(21-20-27)23-26(5)32(31-15-9-8-14-30(31)7-2)25(4)17-19-29-18-16-24(3)22-29;1-3-2;1-2/h8-10,14-15,20-21,24-26,28-32H,6-7,11,13,16-19,22-23H2,1-5H3;3H2,1-2H3;1-2H3/t24?,25-,26+,28+,29?,30-,31?,32?;;/m1../s1. The van der Waals surface area contributed by atoms with Gasteiger partial charge in [0, 0.05) is 0 Å². The van der Waals surface area contributed by atoms with Crippen LogP contribution in [0.2, 0.25) is 0 Å². The summed E-state index contributed by atoms with van der Waals surface area (Å²) >= 11 is 0. The molecule has 0 amide bonds. The molecule has 0 N–H and O–H groups in total. The molecule has 37 heavy (non-hydrogen) atoms. The summed E-state index contributed by atoms with van der Waals surface area (Å²) in [4.78, 5) is 0. The van der Waals surface area contributed by atoms with Crippen LogP contribution in [0.15, 0.2) is 53.8 Å². The van der Waals surface area contributed by atoms with Crippen LogP contribution in [0.5, 0.6) is 0 Å². The van der Waals surface area contributed by atoms with E-state index in [0.29, 0.717) is 17.8 Å². The van der Waals surface area contributed by atoms with Crippen LogP contribution in [0.25, 0.3) is 0 Å². The van der Waals surface area contributed by atoms with Gasteiger partial charge in [0.15, 0.2) is 0 Å². The van der Waals surface area contributed by atoms with E-state index in [2.05, 4.69) is 96.7 Å². The molecule has 0 aromatic heterocycles. The van der Waals surface area contributed by atoms with Gasteiger partial charge in [0.1, 0.15) is 0 Å².